The van der Waals surface area contributed by atoms with Gasteiger partial charge in [0.25, 0.3) is 0 Å². The van der Waals surface area contributed by atoms with Gasteiger partial charge in [-0.2, -0.15) is 0 Å². The van der Waals surface area contributed by atoms with Crippen molar-refractivity contribution in [3.8, 4) is 0 Å². The summed E-state index contributed by atoms with van der Waals surface area (Å²) in [5.74, 6) is 0.150. The standard InChI is InChI=1S/C12H20N2O2S/c1-4-5-6-17(15,16)14-12-8-11(13)9(2)7-10(12)3/h7-8,14H,4-6,13H2,1-3H3. The molecule has 0 spiro atoms. The van der Waals surface area contributed by atoms with Crippen LogP contribution in [0.15, 0.2) is 12.1 Å². The van der Waals surface area contributed by atoms with Crippen LogP contribution >= 0.6 is 0 Å². The molecule has 0 radical (unpaired) electrons. The van der Waals surface area contributed by atoms with Crippen molar-refractivity contribution in [2.24, 2.45) is 0 Å². The number of hydrogen-bond donors (Lipinski definition) is 2. The monoisotopic (exact) mass is 256 g/mol. The van der Waals surface area contributed by atoms with Gasteiger partial charge in [0.1, 0.15) is 0 Å². The second-order valence-electron chi connectivity index (χ2n) is 4.30. The second-order valence-corrected chi connectivity index (χ2v) is 6.14. The molecule has 0 heterocycles. The van der Waals surface area contributed by atoms with E-state index in [1.54, 1.807) is 6.07 Å². The van der Waals surface area contributed by atoms with E-state index in [1.807, 2.05) is 26.8 Å². The van der Waals surface area contributed by atoms with Crippen molar-refractivity contribution < 1.29 is 8.42 Å². The summed E-state index contributed by atoms with van der Waals surface area (Å²) >= 11 is 0. The van der Waals surface area contributed by atoms with E-state index >= 15 is 0 Å². The third-order valence-corrected chi connectivity index (χ3v) is 4.00. The van der Waals surface area contributed by atoms with Crippen molar-refractivity contribution in [1.82, 2.24) is 0 Å². The van der Waals surface area contributed by atoms with Crippen molar-refractivity contribution in [3.63, 3.8) is 0 Å². The molecule has 1 aromatic rings. The van der Waals surface area contributed by atoms with Gasteiger partial charge in [-0.05, 0) is 37.5 Å². The predicted octanol–water partition coefficient (Wildman–Crippen LogP) is 2.43. The minimum absolute atomic E-state index is 0.150. The minimum atomic E-state index is -3.25. The largest absolute Gasteiger partial charge is 0.398 e. The van der Waals surface area contributed by atoms with E-state index in [1.165, 1.54) is 0 Å². The fraction of sp³-hybridized carbons (Fsp3) is 0.500. The van der Waals surface area contributed by atoms with E-state index in [-0.39, 0.29) is 5.75 Å². The SMILES string of the molecule is CCCCS(=O)(=O)Nc1cc(N)c(C)cc1C. The summed E-state index contributed by atoms with van der Waals surface area (Å²) in [6.45, 7) is 5.73. The van der Waals surface area contributed by atoms with E-state index in [9.17, 15) is 8.42 Å². The Morgan fingerprint density at radius 1 is 1.24 bits per heavy atom. The summed E-state index contributed by atoms with van der Waals surface area (Å²) in [7, 11) is -3.25. The number of aryl methyl sites for hydroxylation is 2. The van der Waals surface area contributed by atoms with Crippen LogP contribution in [0.5, 0.6) is 0 Å². The van der Waals surface area contributed by atoms with E-state index in [2.05, 4.69) is 4.72 Å². The maximum atomic E-state index is 11.8. The van der Waals surface area contributed by atoms with Crippen LogP contribution in [0.3, 0.4) is 0 Å². The first-order chi connectivity index (χ1) is 7.85. The van der Waals surface area contributed by atoms with Gasteiger partial charge < -0.3 is 5.73 Å². The van der Waals surface area contributed by atoms with Gasteiger partial charge in [0.05, 0.1) is 11.4 Å². The van der Waals surface area contributed by atoms with Crippen molar-refractivity contribution in [2.45, 2.75) is 33.6 Å². The molecule has 0 atom stereocenters. The van der Waals surface area contributed by atoms with Crippen LogP contribution in [-0.2, 0) is 10.0 Å². The first kappa shape index (κ1) is 13.8. The Kier molecular flexibility index (Phi) is 4.40. The number of sulfonamides is 1. The molecule has 0 aliphatic carbocycles. The molecule has 0 aliphatic heterocycles. The summed E-state index contributed by atoms with van der Waals surface area (Å²) in [5, 5.41) is 0. The van der Waals surface area contributed by atoms with Crippen molar-refractivity contribution in [2.75, 3.05) is 16.2 Å². The zero-order valence-electron chi connectivity index (χ0n) is 10.6. The van der Waals surface area contributed by atoms with Gasteiger partial charge in [-0.15, -0.1) is 0 Å². The quantitative estimate of drug-likeness (QED) is 0.795. The van der Waals surface area contributed by atoms with Gasteiger partial charge in [0, 0.05) is 5.69 Å². The topological polar surface area (TPSA) is 72.2 Å². The molecule has 0 amide bonds. The van der Waals surface area contributed by atoms with E-state index in [4.69, 9.17) is 5.73 Å². The van der Waals surface area contributed by atoms with Gasteiger partial charge >= 0.3 is 0 Å². The first-order valence-electron chi connectivity index (χ1n) is 5.73. The normalized spacial score (nSPS) is 11.5. The van der Waals surface area contributed by atoms with Crippen LogP contribution in [0.25, 0.3) is 0 Å². The van der Waals surface area contributed by atoms with Crippen LogP contribution in [0.4, 0.5) is 11.4 Å². The highest BCUT2D eigenvalue weighted by molar-refractivity contribution is 7.92. The van der Waals surface area contributed by atoms with Crippen molar-refractivity contribution in [1.29, 1.82) is 0 Å². The molecule has 5 heteroatoms. The minimum Gasteiger partial charge on any atom is -0.398 e. The molecule has 0 unspecified atom stereocenters. The lowest BCUT2D eigenvalue weighted by Crippen LogP contribution is -2.17. The van der Waals surface area contributed by atoms with Gasteiger partial charge in [-0.1, -0.05) is 19.4 Å². The Labute approximate surface area is 103 Å². The Morgan fingerprint density at radius 2 is 1.88 bits per heavy atom. The lowest BCUT2D eigenvalue weighted by molar-refractivity contribution is 0.598. The molecule has 96 valence electrons. The van der Waals surface area contributed by atoms with E-state index in [0.29, 0.717) is 17.8 Å². The highest BCUT2D eigenvalue weighted by Crippen LogP contribution is 2.23. The number of rotatable bonds is 5. The molecule has 1 rings (SSSR count). The highest BCUT2D eigenvalue weighted by atomic mass is 32.2. The Morgan fingerprint density at radius 3 is 2.47 bits per heavy atom. The average Bonchev–Trinajstić information content (AvgIpc) is 2.23. The number of nitrogens with two attached hydrogens (primary N) is 1. The fourth-order valence-corrected chi connectivity index (χ4v) is 2.86. The molecular weight excluding hydrogens is 236 g/mol. The molecule has 0 aromatic heterocycles. The van der Waals surface area contributed by atoms with Gasteiger partial charge in [-0.3, -0.25) is 4.72 Å². The number of nitrogen functional groups attached to an aromatic ring is 1. The zero-order chi connectivity index (χ0) is 13.1. The molecule has 0 aliphatic rings. The molecule has 0 saturated carbocycles. The summed E-state index contributed by atoms with van der Waals surface area (Å²) in [4.78, 5) is 0. The van der Waals surface area contributed by atoms with Crippen LogP contribution in [0.2, 0.25) is 0 Å². The fourth-order valence-electron chi connectivity index (χ4n) is 1.53. The molecule has 0 fully saturated rings. The van der Waals surface area contributed by atoms with Crippen LogP contribution in [0, 0.1) is 13.8 Å². The molecule has 4 nitrogen and oxygen atoms in total. The molecule has 1 aromatic carbocycles. The summed E-state index contributed by atoms with van der Waals surface area (Å²) in [6, 6.07) is 3.56. The molecular formula is C12H20N2O2S. The summed E-state index contributed by atoms with van der Waals surface area (Å²) in [6.07, 6.45) is 1.52. The Balaban J connectivity index is 2.92. The van der Waals surface area contributed by atoms with Crippen LogP contribution in [0.1, 0.15) is 30.9 Å². The number of benzene rings is 1. The number of anilines is 2. The highest BCUT2D eigenvalue weighted by Gasteiger charge is 2.12. The van der Waals surface area contributed by atoms with Crippen molar-refractivity contribution in [3.05, 3.63) is 23.3 Å². The average molecular weight is 256 g/mol. The van der Waals surface area contributed by atoms with E-state index in [0.717, 1.165) is 17.5 Å². The molecule has 17 heavy (non-hydrogen) atoms. The smallest absolute Gasteiger partial charge is 0.232 e. The summed E-state index contributed by atoms with van der Waals surface area (Å²) in [5.41, 5.74) is 8.79. The van der Waals surface area contributed by atoms with Gasteiger partial charge in [-0.25, -0.2) is 8.42 Å². The summed E-state index contributed by atoms with van der Waals surface area (Å²) < 4.78 is 26.1. The van der Waals surface area contributed by atoms with Crippen molar-refractivity contribution >= 4 is 21.4 Å². The number of hydrogen-bond acceptors (Lipinski definition) is 3. The second kappa shape index (κ2) is 5.40. The molecule has 0 saturated heterocycles. The third kappa shape index (κ3) is 3.93. The van der Waals surface area contributed by atoms with Gasteiger partial charge in [0.2, 0.25) is 10.0 Å². The lowest BCUT2D eigenvalue weighted by Gasteiger charge is -2.12. The third-order valence-electron chi connectivity index (χ3n) is 2.65. The van der Waals surface area contributed by atoms with Crippen LogP contribution in [-0.4, -0.2) is 14.2 Å². The Hall–Kier alpha value is -1.23. The van der Waals surface area contributed by atoms with E-state index < -0.39 is 10.0 Å². The predicted molar refractivity (Wildman–Crippen MR) is 72.6 cm³/mol. The van der Waals surface area contributed by atoms with Gasteiger partial charge in [0.15, 0.2) is 0 Å². The first-order valence-corrected chi connectivity index (χ1v) is 7.38. The Bertz CT molecular complexity index is 495. The lowest BCUT2D eigenvalue weighted by atomic mass is 10.1. The van der Waals surface area contributed by atoms with Crippen LogP contribution < -0.4 is 10.5 Å². The maximum absolute atomic E-state index is 11.8. The number of unbranched alkanes of at least 4 members (excludes halogenated alkanes) is 1. The maximum Gasteiger partial charge on any atom is 0.232 e. The molecule has 3 N–H and O–H groups in total. The zero-order valence-corrected chi connectivity index (χ0v) is 11.4. The number of nitrogens with one attached hydrogen (secondary N) is 1. The molecule has 0 bridgehead atoms.